The number of hydrogen-bond acceptors (Lipinski definition) is 3. The van der Waals surface area contributed by atoms with Gasteiger partial charge in [0.2, 0.25) is 0 Å². The Morgan fingerprint density at radius 2 is 1.94 bits per heavy atom. The number of hydrogen-bond donors (Lipinski definition) is 0. The molecule has 3 aromatic rings. The number of alkyl halides is 3. The first-order valence-corrected chi connectivity index (χ1v) is 10.1. The Bertz CT molecular complexity index is 1180. The molecule has 1 amide bonds. The molecule has 0 unspecified atom stereocenters. The van der Waals surface area contributed by atoms with Crippen LogP contribution in [0.2, 0.25) is 0 Å². The van der Waals surface area contributed by atoms with Gasteiger partial charge in [-0.15, -0.1) is 6.58 Å². The van der Waals surface area contributed by atoms with E-state index in [2.05, 4.69) is 6.58 Å². The smallest absolute Gasteiger partial charge is 0.345 e. The molecule has 0 bridgehead atoms. The lowest BCUT2D eigenvalue weighted by Gasteiger charge is -2.22. The van der Waals surface area contributed by atoms with Gasteiger partial charge in [-0.05, 0) is 42.8 Å². The van der Waals surface area contributed by atoms with Crippen LogP contribution in [-0.2, 0) is 19.3 Å². The molecule has 172 valence electrons. The van der Waals surface area contributed by atoms with Crippen LogP contribution in [0.3, 0.4) is 0 Å². The molecule has 1 aromatic heterocycles. The molecule has 0 saturated carbocycles. The lowest BCUT2D eigenvalue weighted by Crippen LogP contribution is -2.31. The molecule has 3 rings (SSSR count). The molecule has 9 heteroatoms. The Kier molecular flexibility index (Phi) is 7.01. The first-order chi connectivity index (χ1) is 15.6. The molecule has 0 saturated heterocycles. The summed E-state index contributed by atoms with van der Waals surface area (Å²) in [7, 11) is 0. The summed E-state index contributed by atoms with van der Waals surface area (Å²) in [4.78, 5) is 25.3. The molecule has 2 aromatic carbocycles. The highest BCUT2D eigenvalue weighted by molar-refractivity contribution is 5.95. The Hall–Kier alpha value is -3.88. The van der Waals surface area contributed by atoms with Gasteiger partial charge in [0, 0.05) is 42.2 Å². The largest absolute Gasteiger partial charge is 0.416 e. The molecule has 0 spiro atoms. The van der Waals surface area contributed by atoms with Crippen molar-refractivity contribution in [3.05, 3.63) is 112 Å². The van der Waals surface area contributed by atoms with Crippen LogP contribution in [0.25, 0.3) is 0 Å². The molecule has 33 heavy (non-hydrogen) atoms. The van der Waals surface area contributed by atoms with Crippen LogP contribution in [0.1, 0.15) is 32.7 Å². The van der Waals surface area contributed by atoms with Crippen LogP contribution in [-0.4, -0.2) is 26.8 Å². The number of nitrogens with zero attached hydrogens (tertiary/aromatic N) is 3. The highest BCUT2D eigenvalue weighted by Crippen LogP contribution is 2.30. The topological polar surface area (TPSA) is 68.4 Å². The standard InChI is InChI=1S/C24H22F3N3O3/c1-3-11-29(23(31)19-10-9-17(2)22(14-19)30(32)33)16-21-8-5-12-28(21)15-18-6-4-7-20(13-18)24(25,26)27/h3-10,12-14H,1,11,15-16H2,2H3. The Balaban J connectivity index is 1.84. The Labute approximate surface area is 188 Å². The fourth-order valence-electron chi connectivity index (χ4n) is 3.48. The van der Waals surface area contributed by atoms with E-state index in [1.807, 2.05) is 0 Å². The molecule has 0 radical (unpaired) electrons. The highest BCUT2D eigenvalue weighted by atomic mass is 19.4. The van der Waals surface area contributed by atoms with E-state index in [0.717, 1.165) is 12.1 Å². The van der Waals surface area contributed by atoms with Crippen molar-refractivity contribution in [2.45, 2.75) is 26.2 Å². The van der Waals surface area contributed by atoms with Gasteiger partial charge in [-0.2, -0.15) is 13.2 Å². The van der Waals surface area contributed by atoms with Crippen molar-refractivity contribution in [1.29, 1.82) is 0 Å². The van der Waals surface area contributed by atoms with E-state index >= 15 is 0 Å². The van der Waals surface area contributed by atoms with Crippen molar-refractivity contribution in [3.63, 3.8) is 0 Å². The summed E-state index contributed by atoms with van der Waals surface area (Å²) in [5.74, 6) is -0.412. The van der Waals surface area contributed by atoms with Gasteiger partial charge >= 0.3 is 6.18 Å². The van der Waals surface area contributed by atoms with Gasteiger partial charge < -0.3 is 9.47 Å². The number of amides is 1. The van der Waals surface area contributed by atoms with E-state index in [-0.39, 0.29) is 30.9 Å². The maximum atomic E-state index is 13.1. The van der Waals surface area contributed by atoms with Gasteiger partial charge in [-0.3, -0.25) is 14.9 Å². The normalized spacial score (nSPS) is 11.3. The first-order valence-electron chi connectivity index (χ1n) is 10.1. The van der Waals surface area contributed by atoms with Crippen molar-refractivity contribution in [2.75, 3.05) is 6.54 Å². The zero-order valence-corrected chi connectivity index (χ0v) is 17.9. The van der Waals surface area contributed by atoms with E-state index in [9.17, 15) is 28.1 Å². The quantitative estimate of drug-likeness (QED) is 0.251. The van der Waals surface area contributed by atoms with Crippen molar-refractivity contribution in [1.82, 2.24) is 9.47 Å². The van der Waals surface area contributed by atoms with E-state index in [1.54, 1.807) is 42.0 Å². The molecule has 0 aliphatic carbocycles. The number of aryl methyl sites for hydroxylation is 1. The van der Waals surface area contributed by atoms with E-state index in [4.69, 9.17) is 0 Å². The second-order valence-corrected chi connectivity index (χ2v) is 7.56. The molecule has 0 N–H and O–H groups in total. The number of nitro benzene ring substituents is 1. The number of carbonyl (C=O) groups excluding carboxylic acids is 1. The lowest BCUT2D eigenvalue weighted by molar-refractivity contribution is -0.385. The number of nitro groups is 1. The number of carbonyl (C=O) groups is 1. The third kappa shape index (κ3) is 5.68. The van der Waals surface area contributed by atoms with Gasteiger partial charge in [0.25, 0.3) is 11.6 Å². The molecule has 1 heterocycles. The summed E-state index contributed by atoms with van der Waals surface area (Å²) in [6, 6.07) is 12.9. The fraction of sp³-hybridized carbons (Fsp3) is 0.208. The number of halogens is 3. The van der Waals surface area contributed by atoms with Crippen LogP contribution >= 0.6 is 0 Å². The van der Waals surface area contributed by atoms with Crippen molar-refractivity contribution < 1.29 is 22.9 Å². The minimum absolute atomic E-state index is 0.146. The Morgan fingerprint density at radius 3 is 2.61 bits per heavy atom. The minimum Gasteiger partial charge on any atom is -0.345 e. The third-order valence-electron chi connectivity index (χ3n) is 5.17. The molecule has 0 aliphatic rings. The summed E-state index contributed by atoms with van der Waals surface area (Å²) in [5, 5.41) is 11.2. The van der Waals surface area contributed by atoms with Crippen LogP contribution in [0, 0.1) is 17.0 Å². The first kappa shape index (κ1) is 23.8. The van der Waals surface area contributed by atoms with Crippen LogP contribution < -0.4 is 0 Å². The minimum atomic E-state index is -4.43. The SMILES string of the molecule is C=CCN(Cc1cccn1Cc1cccc(C(F)(F)F)c1)C(=O)c1ccc(C)c([N+](=O)[O-])c1. The lowest BCUT2D eigenvalue weighted by atomic mass is 10.1. The molecule has 6 nitrogen and oxygen atoms in total. The van der Waals surface area contributed by atoms with Gasteiger partial charge in [0.05, 0.1) is 17.0 Å². The zero-order chi connectivity index (χ0) is 24.2. The monoisotopic (exact) mass is 457 g/mol. The maximum Gasteiger partial charge on any atom is 0.416 e. The summed E-state index contributed by atoms with van der Waals surface area (Å²) >= 11 is 0. The van der Waals surface area contributed by atoms with Gasteiger partial charge in [-0.25, -0.2) is 0 Å². The number of benzene rings is 2. The molecule has 0 atom stereocenters. The number of aromatic nitrogens is 1. The summed E-state index contributed by atoms with van der Waals surface area (Å²) in [5.41, 5.74) is 0.916. The van der Waals surface area contributed by atoms with Crippen molar-refractivity contribution in [3.8, 4) is 0 Å². The van der Waals surface area contributed by atoms with Gasteiger partial charge in [-0.1, -0.05) is 24.3 Å². The van der Waals surface area contributed by atoms with Gasteiger partial charge in [0.1, 0.15) is 0 Å². The molecule has 0 fully saturated rings. The molecule has 0 aliphatic heterocycles. The van der Waals surface area contributed by atoms with E-state index in [1.165, 1.54) is 29.2 Å². The predicted octanol–water partition coefficient (Wildman–Crippen LogP) is 5.60. The van der Waals surface area contributed by atoms with Crippen molar-refractivity contribution in [2.24, 2.45) is 0 Å². The maximum absolute atomic E-state index is 13.1. The van der Waals surface area contributed by atoms with E-state index < -0.39 is 22.6 Å². The summed E-state index contributed by atoms with van der Waals surface area (Å²) in [6.07, 6.45) is -1.16. The van der Waals surface area contributed by atoms with Gasteiger partial charge in [0.15, 0.2) is 0 Å². The van der Waals surface area contributed by atoms with Crippen molar-refractivity contribution >= 4 is 11.6 Å². The van der Waals surface area contributed by atoms with Crippen LogP contribution in [0.5, 0.6) is 0 Å². The fourth-order valence-corrected chi connectivity index (χ4v) is 3.48. The molecular weight excluding hydrogens is 435 g/mol. The Morgan fingerprint density at radius 1 is 1.18 bits per heavy atom. The predicted molar refractivity (Wildman–Crippen MR) is 118 cm³/mol. The highest BCUT2D eigenvalue weighted by Gasteiger charge is 2.30. The number of rotatable bonds is 8. The second-order valence-electron chi connectivity index (χ2n) is 7.56. The third-order valence-corrected chi connectivity index (χ3v) is 5.17. The van der Waals surface area contributed by atoms with Crippen LogP contribution in [0.4, 0.5) is 18.9 Å². The average Bonchev–Trinajstić information content (AvgIpc) is 3.19. The van der Waals surface area contributed by atoms with Crippen LogP contribution in [0.15, 0.2) is 73.4 Å². The zero-order valence-electron chi connectivity index (χ0n) is 17.9. The van der Waals surface area contributed by atoms with E-state index in [0.29, 0.717) is 16.8 Å². The summed E-state index contributed by atoms with van der Waals surface area (Å²) < 4.78 is 40.9. The second kappa shape index (κ2) is 9.72. The average molecular weight is 457 g/mol. The summed E-state index contributed by atoms with van der Waals surface area (Å²) in [6.45, 7) is 5.80. The molecular formula is C24H22F3N3O3.